The van der Waals surface area contributed by atoms with E-state index < -0.39 is 0 Å². The lowest BCUT2D eigenvalue weighted by atomic mass is 9.80. The van der Waals surface area contributed by atoms with Crippen molar-refractivity contribution in [3.05, 3.63) is 0 Å². The number of hydrogen-bond donors (Lipinski definition) is 0. The zero-order valence-electron chi connectivity index (χ0n) is 11.4. The molecular weight excluding hydrogens is 214 g/mol. The molecule has 0 spiro atoms. The quantitative estimate of drug-likeness (QED) is 0.739. The molecule has 0 bridgehead atoms. The van der Waals surface area contributed by atoms with E-state index >= 15 is 0 Å². The molecule has 0 saturated carbocycles. The van der Waals surface area contributed by atoms with Crippen LogP contribution >= 0.6 is 0 Å². The number of carbonyl (C=O) groups excluding carboxylic acids is 1. The molecule has 98 valence electrons. The molecule has 0 aromatic carbocycles. The van der Waals surface area contributed by atoms with Crippen LogP contribution in [0.2, 0.25) is 0 Å². The molecule has 2 atom stereocenters. The van der Waals surface area contributed by atoms with E-state index in [0.29, 0.717) is 17.2 Å². The fraction of sp³-hybridized carbons (Fsp3) is 0.929. The second kappa shape index (κ2) is 5.07. The summed E-state index contributed by atoms with van der Waals surface area (Å²) in [5.74, 6) is 0.637. The van der Waals surface area contributed by atoms with Crippen LogP contribution in [0, 0.1) is 11.3 Å². The monoisotopic (exact) mass is 239 g/mol. The van der Waals surface area contributed by atoms with Crippen molar-refractivity contribution in [3.63, 3.8) is 0 Å². The zero-order valence-corrected chi connectivity index (χ0v) is 11.4. The van der Waals surface area contributed by atoms with Crippen LogP contribution in [-0.2, 0) is 9.53 Å². The van der Waals surface area contributed by atoms with E-state index in [9.17, 15) is 4.79 Å². The lowest BCUT2D eigenvalue weighted by Crippen LogP contribution is -2.51. The molecule has 0 aliphatic carbocycles. The highest BCUT2D eigenvalue weighted by Gasteiger charge is 2.36. The largest absolute Gasteiger partial charge is 0.381 e. The van der Waals surface area contributed by atoms with Gasteiger partial charge >= 0.3 is 0 Å². The summed E-state index contributed by atoms with van der Waals surface area (Å²) in [5, 5.41) is 0. The first-order chi connectivity index (χ1) is 8.02. The molecule has 2 aliphatic rings. The number of carbonyl (C=O) groups is 1. The van der Waals surface area contributed by atoms with E-state index in [2.05, 4.69) is 25.7 Å². The number of ketones is 1. The van der Waals surface area contributed by atoms with Crippen molar-refractivity contribution in [2.75, 3.05) is 26.3 Å². The van der Waals surface area contributed by atoms with Crippen LogP contribution in [0.5, 0.6) is 0 Å². The van der Waals surface area contributed by atoms with Crippen molar-refractivity contribution in [3.8, 4) is 0 Å². The number of Topliss-reactive ketones (excluding diaryl/α,β-unsaturated/α-hetero) is 1. The number of ether oxygens (including phenoxy) is 1. The van der Waals surface area contributed by atoms with Crippen LogP contribution in [0.15, 0.2) is 0 Å². The Kier molecular flexibility index (Phi) is 3.88. The minimum Gasteiger partial charge on any atom is -0.381 e. The van der Waals surface area contributed by atoms with E-state index in [1.165, 1.54) is 0 Å². The van der Waals surface area contributed by atoms with Gasteiger partial charge in [0, 0.05) is 44.7 Å². The maximum Gasteiger partial charge on any atom is 0.138 e. The number of hydrogen-bond acceptors (Lipinski definition) is 3. The SMILES string of the molecule is CC1C(=O)CCN(CC2(C)CCOCC2)C1C. The first kappa shape index (κ1) is 13.0. The molecule has 0 aromatic rings. The molecule has 0 amide bonds. The van der Waals surface area contributed by atoms with Gasteiger partial charge in [0.1, 0.15) is 5.78 Å². The van der Waals surface area contributed by atoms with Gasteiger partial charge in [-0.3, -0.25) is 9.69 Å². The van der Waals surface area contributed by atoms with E-state index in [1.807, 2.05) is 0 Å². The van der Waals surface area contributed by atoms with Gasteiger partial charge in [-0.1, -0.05) is 13.8 Å². The van der Waals surface area contributed by atoms with E-state index in [0.717, 1.165) is 45.6 Å². The average molecular weight is 239 g/mol. The Labute approximate surface area is 105 Å². The van der Waals surface area contributed by atoms with Crippen LogP contribution in [-0.4, -0.2) is 43.0 Å². The molecule has 17 heavy (non-hydrogen) atoms. The normalized spacial score (nSPS) is 34.9. The predicted octanol–water partition coefficient (Wildman–Crippen LogP) is 2.10. The third kappa shape index (κ3) is 2.89. The maximum atomic E-state index is 11.7. The Bertz CT molecular complexity index is 284. The lowest BCUT2D eigenvalue weighted by Gasteiger charge is -2.44. The molecule has 0 radical (unpaired) electrons. The molecule has 3 heteroatoms. The topological polar surface area (TPSA) is 29.5 Å². The molecule has 2 heterocycles. The van der Waals surface area contributed by atoms with Gasteiger partial charge in [0.05, 0.1) is 0 Å². The third-order valence-electron chi connectivity index (χ3n) is 4.74. The van der Waals surface area contributed by atoms with E-state index in [4.69, 9.17) is 4.74 Å². The lowest BCUT2D eigenvalue weighted by molar-refractivity contribution is -0.129. The van der Waals surface area contributed by atoms with Crippen molar-refractivity contribution < 1.29 is 9.53 Å². The summed E-state index contributed by atoms with van der Waals surface area (Å²) in [6, 6.07) is 0.399. The van der Waals surface area contributed by atoms with Crippen molar-refractivity contribution in [2.45, 2.75) is 46.1 Å². The summed E-state index contributed by atoms with van der Waals surface area (Å²) in [4.78, 5) is 14.2. The maximum absolute atomic E-state index is 11.7. The Morgan fingerprint density at radius 3 is 2.65 bits per heavy atom. The van der Waals surface area contributed by atoms with Crippen LogP contribution in [0.4, 0.5) is 0 Å². The minimum absolute atomic E-state index is 0.201. The van der Waals surface area contributed by atoms with Crippen LogP contribution in [0.3, 0.4) is 0 Å². The second-order valence-electron chi connectivity index (χ2n) is 6.14. The standard InChI is InChI=1S/C14H25NO2/c1-11-12(2)15(7-4-13(11)16)10-14(3)5-8-17-9-6-14/h11-12H,4-10H2,1-3H3. The van der Waals surface area contributed by atoms with Crippen molar-refractivity contribution in [2.24, 2.45) is 11.3 Å². The first-order valence-electron chi connectivity index (χ1n) is 6.86. The molecule has 2 unspecified atom stereocenters. The first-order valence-corrected chi connectivity index (χ1v) is 6.86. The predicted molar refractivity (Wildman–Crippen MR) is 68.0 cm³/mol. The van der Waals surface area contributed by atoms with Gasteiger partial charge in [-0.25, -0.2) is 0 Å². The fourth-order valence-corrected chi connectivity index (χ4v) is 3.01. The third-order valence-corrected chi connectivity index (χ3v) is 4.74. The zero-order chi connectivity index (χ0) is 12.5. The van der Waals surface area contributed by atoms with Gasteiger partial charge in [-0.05, 0) is 25.2 Å². The van der Waals surface area contributed by atoms with Gasteiger partial charge in [0.25, 0.3) is 0 Å². The van der Waals surface area contributed by atoms with E-state index in [-0.39, 0.29) is 5.92 Å². The number of likely N-dealkylation sites (tertiary alicyclic amines) is 1. The molecule has 3 nitrogen and oxygen atoms in total. The van der Waals surface area contributed by atoms with Crippen LogP contribution < -0.4 is 0 Å². The number of piperidine rings is 1. The average Bonchev–Trinajstić information content (AvgIpc) is 2.31. The van der Waals surface area contributed by atoms with Gasteiger partial charge < -0.3 is 4.74 Å². The Morgan fingerprint density at radius 2 is 2.00 bits per heavy atom. The molecule has 0 N–H and O–H groups in total. The van der Waals surface area contributed by atoms with Crippen molar-refractivity contribution in [1.29, 1.82) is 0 Å². The molecular formula is C14H25NO2. The Morgan fingerprint density at radius 1 is 1.35 bits per heavy atom. The Hall–Kier alpha value is -0.410. The van der Waals surface area contributed by atoms with Crippen molar-refractivity contribution >= 4 is 5.78 Å². The minimum atomic E-state index is 0.201. The summed E-state index contributed by atoms with van der Waals surface area (Å²) in [6.07, 6.45) is 3.04. The van der Waals surface area contributed by atoms with Gasteiger partial charge in [-0.15, -0.1) is 0 Å². The summed E-state index contributed by atoms with van der Waals surface area (Å²) in [7, 11) is 0. The highest BCUT2D eigenvalue weighted by Crippen LogP contribution is 2.33. The van der Waals surface area contributed by atoms with Gasteiger partial charge in [-0.2, -0.15) is 0 Å². The highest BCUT2D eigenvalue weighted by molar-refractivity contribution is 5.82. The van der Waals surface area contributed by atoms with Gasteiger partial charge in [0.15, 0.2) is 0 Å². The van der Waals surface area contributed by atoms with Gasteiger partial charge in [0.2, 0.25) is 0 Å². The Balaban J connectivity index is 1.96. The summed E-state index contributed by atoms with van der Waals surface area (Å²) >= 11 is 0. The number of nitrogens with zero attached hydrogens (tertiary/aromatic N) is 1. The number of rotatable bonds is 2. The summed E-state index contributed by atoms with van der Waals surface area (Å²) in [5.41, 5.74) is 0.382. The fourth-order valence-electron chi connectivity index (χ4n) is 3.01. The smallest absolute Gasteiger partial charge is 0.138 e. The summed E-state index contributed by atoms with van der Waals surface area (Å²) < 4.78 is 5.45. The van der Waals surface area contributed by atoms with E-state index in [1.54, 1.807) is 0 Å². The van der Waals surface area contributed by atoms with Crippen molar-refractivity contribution in [1.82, 2.24) is 4.90 Å². The molecule has 2 fully saturated rings. The van der Waals surface area contributed by atoms with Crippen LogP contribution in [0.1, 0.15) is 40.0 Å². The molecule has 2 rings (SSSR count). The highest BCUT2D eigenvalue weighted by atomic mass is 16.5. The molecule has 2 aliphatic heterocycles. The summed E-state index contributed by atoms with van der Waals surface area (Å²) in [6.45, 7) is 10.5. The molecule has 2 saturated heterocycles. The van der Waals surface area contributed by atoms with Crippen LogP contribution in [0.25, 0.3) is 0 Å². The molecule has 0 aromatic heterocycles. The second-order valence-corrected chi connectivity index (χ2v) is 6.14.